The SMILES string of the molecule is C=C1CCCC/C1=C\C=C1/CCCC2(C)C(CCCCC(C)(C)O)CCC12. The zero-order valence-corrected chi connectivity index (χ0v) is 18.2. The molecule has 0 aromatic rings. The van der Waals surface area contributed by atoms with Crippen molar-refractivity contribution in [3.63, 3.8) is 0 Å². The average molecular weight is 371 g/mol. The van der Waals surface area contributed by atoms with Gasteiger partial charge in [0.2, 0.25) is 0 Å². The zero-order valence-electron chi connectivity index (χ0n) is 18.2. The predicted molar refractivity (Wildman–Crippen MR) is 117 cm³/mol. The lowest BCUT2D eigenvalue weighted by Gasteiger charge is -2.42. The summed E-state index contributed by atoms with van der Waals surface area (Å²) < 4.78 is 0. The molecule has 3 aliphatic carbocycles. The molecule has 3 unspecified atom stereocenters. The molecule has 0 heterocycles. The van der Waals surface area contributed by atoms with Gasteiger partial charge in [0.25, 0.3) is 0 Å². The Morgan fingerprint density at radius 2 is 1.85 bits per heavy atom. The first-order chi connectivity index (χ1) is 12.8. The molecule has 3 saturated carbocycles. The van der Waals surface area contributed by atoms with Gasteiger partial charge < -0.3 is 5.11 Å². The summed E-state index contributed by atoms with van der Waals surface area (Å²) in [4.78, 5) is 0. The van der Waals surface area contributed by atoms with Gasteiger partial charge in [-0.15, -0.1) is 0 Å². The first-order valence-corrected chi connectivity index (χ1v) is 11.6. The van der Waals surface area contributed by atoms with Crippen LogP contribution in [0.5, 0.6) is 0 Å². The van der Waals surface area contributed by atoms with Crippen LogP contribution < -0.4 is 0 Å². The van der Waals surface area contributed by atoms with Crippen molar-refractivity contribution in [2.45, 2.75) is 110 Å². The van der Waals surface area contributed by atoms with E-state index in [1.165, 1.54) is 81.8 Å². The summed E-state index contributed by atoms with van der Waals surface area (Å²) in [6, 6.07) is 0. The first-order valence-electron chi connectivity index (χ1n) is 11.6. The third-order valence-corrected chi connectivity index (χ3v) is 7.88. The van der Waals surface area contributed by atoms with Crippen LogP contribution in [0.25, 0.3) is 0 Å². The highest BCUT2D eigenvalue weighted by Crippen LogP contribution is 2.58. The van der Waals surface area contributed by atoms with Crippen LogP contribution in [0, 0.1) is 17.3 Å². The van der Waals surface area contributed by atoms with Crippen LogP contribution in [0.2, 0.25) is 0 Å². The van der Waals surface area contributed by atoms with E-state index in [0.29, 0.717) is 5.41 Å². The van der Waals surface area contributed by atoms with Gasteiger partial charge in [0, 0.05) is 0 Å². The van der Waals surface area contributed by atoms with Crippen molar-refractivity contribution in [3.05, 3.63) is 35.5 Å². The number of allylic oxidation sites excluding steroid dienone is 5. The average Bonchev–Trinajstić information content (AvgIpc) is 2.94. The van der Waals surface area contributed by atoms with Crippen molar-refractivity contribution in [2.24, 2.45) is 17.3 Å². The molecule has 1 N–H and O–H groups in total. The van der Waals surface area contributed by atoms with Crippen LogP contribution in [-0.2, 0) is 0 Å². The van der Waals surface area contributed by atoms with Gasteiger partial charge in [0.15, 0.2) is 0 Å². The fraction of sp³-hybridized carbons (Fsp3) is 0.769. The molecule has 0 aromatic heterocycles. The molecule has 3 aliphatic rings. The third kappa shape index (κ3) is 5.17. The van der Waals surface area contributed by atoms with Gasteiger partial charge in [0.05, 0.1) is 5.60 Å². The molecule has 0 saturated heterocycles. The Hall–Kier alpha value is -0.820. The van der Waals surface area contributed by atoms with Crippen molar-refractivity contribution in [1.82, 2.24) is 0 Å². The summed E-state index contributed by atoms with van der Waals surface area (Å²) in [6.07, 6.45) is 21.6. The quantitative estimate of drug-likeness (QED) is 0.479. The van der Waals surface area contributed by atoms with E-state index in [1.54, 1.807) is 5.57 Å². The summed E-state index contributed by atoms with van der Waals surface area (Å²) in [6.45, 7) is 10.8. The molecular formula is C26H42O. The number of hydrogen-bond donors (Lipinski definition) is 1. The molecule has 0 amide bonds. The van der Waals surface area contributed by atoms with E-state index in [9.17, 15) is 5.11 Å². The van der Waals surface area contributed by atoms with E-state index < -0.39 is 5.60 Å². The Morgan fingerprint density at radius 1 is 1.07 bits per heavy atom. The number of hydrogen-bond acceptors (Lipinski definition) is 1. The summed E-state index contributed by atoms with van der Waals surface area (Å²) in [7, 11) is 0. The lowest BCUT2D eigenvalue weighted by atomic mass is 9.62. The van der Waals surface area contributed by atoms with Crippen LogP contribution in [0.1, 0.15) is 104 Å². The molecule has 1 nitrogen and oxygen atoms in total. The minimum atomic E-state index is -0.501. The van der Waals surface area contributed by atoms with E-state index in [2.05, 4.69) is 25.7 Å². The van der Waals surface area contributed by atoms with Crippen LogP contribution >= 0.6 is 0 Å². The van der Waals surface area contributed by atoms with Gasteiger partial charge in [-0.05, 0) is 107 Å². The van der Waals surface area contributed by atoms with E-state index in [-0.39, 0.29) is 0 Å². The Labute approximate surface area is 168 Å². The van der Waals surface area contributed by atoms with Crippen molar-refractivity contribution < 1.29 is 5.11 Å². The number of fused-ring (bicyclic) bond motifs is 1. The second kappa shape index (κ2) is 8.68. The monoisotopic (exact) mass is 370 g/mol. The summed E-state index contributed by atoms with van der Waals surface area (Å²) in [5.74, 6) is 1.68. The predicted octanol–water partition coefficient (Wildman–Crippen LogP) is 7.52. The molecule has 3 rings (SSSR count). The van der Waals surface area contributed by atoms with E-state index in [1.807, 2.05) is 13.8 Å². The summed E-state index contributed by atoms with van der Waals surface area (Å²) in [5, 5.41) is 9.95. The molecule has 3 atom stereocenters. The zero-order chi connectivity index (χ0) is 19.5. The second-order valence-electron chi connectivity index (χ2n) is 10.5. The van der Waals surface area contributed by atoms with Crippen LogP contribution in [0.15, 0.2) is 35.5 Å². The Kier molecular flexibility index (Phi) is 6.72. The molecule has 0 aromatic carbocycles. The standard InChI is InChI=1S/C26H42O/c1-20-10-5-6-11-21(20)14-15-22-12-9-19-26(4)23(16-17-24(22)26)13-7-8-18-25(2,3)27/h14-15,23-24,27H,1,5-13,16-19H2,2-4H3/b21-14+,22-15+. The molecule has 0 spiro atoms. The third-order valence-electron chi connectivity index (χ3n) is 7.88. The molecule has 152 valence electrons. The molecule has 0 radical (unpaired) electrons. The molecule has 3 fully saturated rings. The Bertz CT molecular complexity index is 588. The summed E-state index contributed by atoms with van der Waals surface area (Å²) in [5.41, 5.74) is 4.64. The number of unbranched alkanes of at least 4 members (excludes halogenated alkanes) is 1. The van der Waals surface area contributed by atoms with Gasteiger partial charge in [-0.25, -0.2) is 0 Å². The Balaban J connectivity index is 1.62. The topological polar surface area (TPSA) is 20.2 Å². The molecule has 0 bridgehead atoms. The smallest absolute Gasteiger partial charge is 0.0591 e. The highest BCUT2D eigenvalue weighted by molar-refractivity contribution is 5.35. The number of rotatable bonds is 6. The lowest BCUT2D eigenvalue weighted by molar-refractivity contribution is 0.0660. The summed E-state index contributed by atoms with van der Waals surface area (Å²) >= 11 is 0. The maximum Gasteiger partial charge on any atom is 0.0591 e. The van der Waals surface area contributed by atoms with Gasteiger partial charge >= 0.3 is 0 Å². The van der Waals surface area contributed by atoms with Crippen LogP contribution in [0.4, 0.5) is 0 Å². The van der Waals surface area contributed by atoms with E-state index in [0.717, 1.165) is 24.7 Å². The highest BCUT2D eigenvalue weighted by Gasteiger charge is 2.48. The lowest BCUT2D eigenvalue weighted by Crippen LogP contribution is -2.33. The molecular weight excluding hydrogens is 328 g/mol. The second-order valence-corrected chi connectivity index (χ2v) is 10.5. The van der Waals surface area contributed by atoms with Gasteiger partial charge in [-0.3, -0.25) is 0 Å². The normalized spacial score (nSPS) is 35.0. The minimum Gasteiger partial charge on any atom is -0.390 e. The maximum absolute atomic E-state index is 9.95. The van der Waals surface area contributed by atoms with Gasteiger partial charge in [0.1, 0.15) is 0 Å². The van der Waals surface area contributed by atoms with Gasteiger partial charge in [-0.2, -0.15) is 0 Å². The van der Waals surface area contributed by atoms with Crippen molar-refractivity contribution >= 4 is 0 Å². The highest BCUT2D eigenvalue weighted by atomic mass is 16.3. The fourth-order valence-corrected chi connectivity index (χ4v) is 6.17. The maximum atomic E-state index is 9.95. The first kappa shape index (κ1) is 20.9. The van der Waals surface area contributed by atoms with Crippen LogP contribution in [-0.4, -0.2) is 10.7 Å². The largest absolute Gasteiger partial charge is 0.390 e. The molecule has 1 heteroatoms. The fourth-order valence-electron chi connectivity index (χ4n) is 6.17. The number of aliphatic hydroxyl groups is 1. The van der Waals surface area contributed by atoms with E-state index in [4.69, 9.17) is 0 Å². The van der Waals surface area contributed by atoms with Crippen molar-refractivity contribution in [1.29, 1.82) is 0 Å². The Morgan fingerprint density at radius 3 is 2.59 bits per heavy atom. The van der Waals surface area contributed by atoms with Crippen molar-refractivity contribution in [2.75, 3.05) is 0 Å². The van der Waals surface area contributed by atoms with Crippen LogP contribution in [0.3, 0.4) is 0 Å². The molecule has 27 heavy (non-hydrogen) atoms. The van der Waals surface area contributed by atoms with Crippen molar-refractivity contribution in [3.8, 4) is 0 Å². The molecule has 0 aliphatic heterocycles. The van der Waals surface area contributed by atoms with Gasteiger partial charge in [-0.1, -0.05) is 49.6 Å². The van der Waals surface area contributed by atoms with E-state index >= 15 is 0 Å². The minimum absolute atomic E-state index is 0.501.